The number of ether oxygens (including phenoxy) is 3. The second-order valence-corrected chi connectivity index (χ2v) is 9.76. The van der Waals surface area contributed by atoms with E-state index in [0.29, 0.717) is 32.0 Å². The van der Waals surface area contributed by atoms with Gasteiger partial charge in [0.1, 0.15) is 17.4 Å². The summed E-state index contributed by atoms with van der Waals surface area (Å²) in [7, 11) is -2.00. The molecule has 1 saturated heterocycles. The molecule has 168 valence electrons. The molecule has 0 atom stereocenters. The van der Waals surface area contributed by atoms with Gasteiger partial charge in [0.15, 0.2) is 0 Å². The lowest BCUT2D eigenvalue weighted by Crippen LogP contribution is -2.40. The molecule has 32 heavy (non-hydrogen) atoms. The smallest absolute Gasteiger partial charge is 0.338 e. The summed E-state index contributed by atoms with van der Waals surface area (Å²) in [5, 5.41) is 2.60. The minimum atomic E-state index is -3.61. The summed E-state index contributed by atoms with van der Waals surface area (Å²) in [6, 6.07) is 13.3. The topological polar surface area (TPSA) is 95.0 Å². The van der Waals surface area contributed by atoms with Crippen LogP contribution in [0.2, 0.25) is 0 Å². The van der Waals surface area contributed by atoms with Crippen molar-refractivity contribution in [3.63, 3.8) is 0 Å². The Morgan fingerprint density at radius 1 is 1.12 bits per heavy atom. The summed E-state index contributed by atoms with van der Waals surface area (Å²) in [4.78, 5) is 17.1. The van der Waals surface area contributed by atoms with Crippen LogP contribution in [0, 0.1) is 0 Å². The zero-order valence-corrected chi connectivity index (χ0v) is 19.0. The summed E-state index contributed by atoms with van der Waals surface area (Å²) in [6.45, 7) is 1.39. The van der Waals surface area contributed by atoms with Gasteiger partial charge >= 0.3 is 5.97 Å². The van der Waals surface area contributed by atoms with E-state index in [4.69, 9.17) is 14.2 Å². The highest BCUT2D eigenvalue weighted by atomic mass is 32.2. The minimum absolute atomic E-state index is 0.0122. The number of esters is 1. The van der Waals surface area contributed by atoms with Crippen molar-refractivity contribution in [2.75, 3.05) is 33.4 Å². The molecular weight excluding hydrogens is 452 g/mol. The highest BCUT2D eigenvalue weighted by Gasteiger charge is 2.26. The van der Waals surface area contributed by atoms with Crippen LogP contribution < -0.4 is 4.74 Å². The van der Waals surface area contributed by atoms with Crippen LogP contribution in [0.25, 0.3) is 10.6 Å². The van der Waals surface area contributed by atoms with Gasteiger partial charge in [0.05, 0.1) is 42.0 Å². The third kappa shape index (κ3) is 4.83. The summed E-state index contributed by atoms with van der Waals surface area (Å²) in [5.74, 6) is 0.171. The molecule has 0 aliphatic carbocycles. The van der Waals surface area contributed by atoms with Crippen LogP contribution in [0.3, 0.4) is 0 Å². The number of morpholine rings is 1. The zero-order valence-electron chi connectivity index (χ0n) is 17.4. The number of para-hydroxylation sites is 1. The SMILES string of the molecule is COc1ccccc1-c1nc(COC(=O)c2ccc(S(=O)(=O)N3CCOCC3)cc2)cs1. The Kier molecular flexibility index (Phi) is 6.85. The Balaban J connectivity index is 1.39. The number of benzene rings is 2. The highest BCUT2D eigenvalue weighted by Crippen LogP contribution is 2.32. The average Bonchev–Trinajstić information content (AvgIpc) is 3.32. The predicted octanol–water partition coefficient (Wildman–Crippen LogP) is 3.20. The molecule has 1 fully saturated rings. The van der Waals surface area contributed by atoms with Gasteiger partial charge in [0.2, 0.25) is 10.0 Å². The molecule has 2 aromatic carbocycles. The lowest BCUT2D eigenvalue weighted by atomic mass is 10.2. The fraction of sp³-hybridized carbons (Fsp3) is 0.273. The van der Waals surface area contributed by atoms with E-state index in [1.807, 2.05) is 29.6 Å². The normalized spacial score (nSPS) is 14.8. The van der Waals surface area contributed by atoms with E-state index in [0.717, 1.165) is 16.3 Å². The number of rotatable bonds is 7. The molecule has 0 bridgehead atoms. The fourth-order valence-corrected chi connectivity index (χ4v) is 5.48. The molecule has 1 aliphatic heterocycles. The maximum absolute atomic E-state index is 12.7. The van der Waals surface area contributed by atoms with Crippen molar-refractivity contribution in [2.24, 2.45) is 0 Å². The third-order valence-electron chi connectivity index (χ3n) is 4.94. The second kappa shape index (κ2) is 9.78. The zero-order chi connectivity index (χ0) is 22.6. The van der Waals surface area contributed by atoms with Gasteiger partial charge < -0.3 is 14.2 Å². The lowest BCUT2D eigenvalue weighted by Gasteiger charge is -2.26. The van der Waals surface area contributed by atoms with Gasteiger partial charge in [-0.15, -0.1) is 11.3 Å². The number of carbonyl (C=O) groups is 1. The van der Waals surface area contributed by atoms with Gasteiger partial charge in [0, 0.05) is 18.5 Å². The molecule has 3 aromatic rings. The first kappa shape index (κ1) is 22.4. The van der Waals surface area contributed by atoms with Crippen LogP contribution in [0.4, 0.5) is 0 Å². The minimum Gasteiger partial charge on any atom is -0.496 e. The molecule has 8 nitrogen and oxygen atoms in total. The van der Waals surface area contributed by atoms with Crippen LogP contribution in [-0.2, 0) is 26.1 Å². The van der Waals surface area contributed by atoms with Crippen molar-refractivity contribution in [1.82, 2.24) is 9.29 Å². The molecule has 2 heterocycles. The van der Waals surface area contributed by atoms with Gasteiger partial charge in [-0.25, -0.2) is 18.2 Å². The summed E-state index contributed by atoms with van der Waals surface area (Å²) >= 11 is 1.44. The van der Waals surface area contributed by atoms with Crippen LogP contribution in [0.5, 0.6) is 5.75 Å². The summed E-state index contributed by atoms with van der Waals surface area (Å²) < 4.78 is 42.7. The Labute approximate surface area is 190 Å². The van der Waals surface area contributed by atoms with Gasteiger partial charge in [-0.3, -0.25) is 0 Å². The average molecular weight is 475 g/mol. The molecular formula is C22H22N2O6S2. The number of thiazole rings is 1. The summed E-state index contributed by atoms with van der Waals surface area (Å²) in [5.41, 5.74) is 1.76. The molecule has 0 saturated carbocycles. The van der Waals surface area contributed by atoms with E-state index in [1.54, 1.807) is 7.11 Å². The Hall–Kier alpha value is -2.79. The first-order valence-corrected chi connectivity index (χ1v) is 12.2. The van der Waals surface area contributed by atoms with Crippen LogP contribution in [0.15, 0.2) is 58.8 Å². The maximum atomic E-state index is 12.7. The van der Waals surface area contributed by atoms with E-state index in [2.05, 4.69) is 4.98 Å². The van der Waals surface area contributed by atoms with Gasteiger partial charge in [-0.1, -0.05) is 12.1 Å². The Morgan fingerprint density at radius 2 is 1.84 bits per heavy atom. The second-order valence-electron chi connectivity index (χ2n) is 6.96. The molecule has 4 rings (SSSR count). The van der Waals surface area contributed by atoms with Crippen molar-refractivity contribution < 1.29 is 27.4 Å². The number of nitrogens with zero attached hydrogens (tertiary/aromatic N) is 2. The standard InChI is InChI=1S/C22H22N2O6S2/c1-28-20-5-3-2-4-19(20)21-23-17(15-31-21)14-30-22(25)16-6-8-18(9-7-16)32(26,27)24-10-12-29-13-11-24/h2-9,15H,10-14H2,1H3. The third-order valence-corrected chi connectivity index (χ3v) is 7.78. The van der Waals surface area contributed by atoms with Crippen molar-refractivity contribution in [3.05, 3.63) is 65.2 Å². The lowest BCUT2D eigenvalue weighted by molar-refractivity contribution is 0.0468. The largest absolute Gasteiger partial charge is 0.496 e. The highest BCUT2D eigenvalue weighted by molar-refractivity contribution is 7.89. The number of sulfonamides is 1. The van der Waals surface area contributed by atoms with E-state index in [-0.39, 0.29) is 17.1 Å². The number of aromatic nitrogens is 1. The molecule has 1 aliphatic rings. The van der Waals surface area contributed by atoms with Crippen molar-refractivity contribution >= 4 is 27.3 Å². The number of hydrogen-bond acceptors (Lipinski definition) is 8. The Bertz CT molecular complexity index is 1190. The van der Waals surface area contributed by atoms with E-state index >= 15 is 0 Å². The molecule has 0 amide bonds. The van der Waals surface area contributed by atoms with E-state index < -0.39 is 16.0 Å². The molecule has 0 unspecified atom stereocenters. The van der Waals surface area contributed by atoms with Crippen molar-refractivity contribution in [2.45, 2.75) is 11.5 Å². The maximum Gasteiger partial charge on any atom is 0.338 e. The first-order valence-electron chi connectivity index (χ1n) is 9.92. The molecule has 0 radical (unpaired) electrons. The van der Waals surface area contributed by atoms with E-state index in [9.17, 15) is 13.2 Å². The molecule has 1 aromatic heterocycles. The van der Waals surface area contributed by atoms with Crippen LogP contribution in [-0.4, -0.2) is 57.1 Å². The number of carbonyl (C=O) groups excluding carboxylic acids is 1. The fourth-order valence-electron chi connectivity index (χ4n) is 3.24. The van der Waals surface area contributed by atoms with Crippen LogP contribution >= 0.6 is 11.3 Å². The van der Waals surface area contributed by atoms with Crippen molar-refractivity contribution in [1.29, 1.82) is 0 Å². The Morgan fingerprint density at radius 3 is 2.56 bits per heavy atom. The van der Waals surface area contributed by atoms with Gasteiger partial charge in [-0.05, 0) is 36.4 Å². The van der Waals surface area contributed by atoms with Crippen LogP contribution in [0.1, 0.15) is 16.1 Å². The van der Waals surface area contributed by atoms with Crippen molar-refractivity contribution in [3.8, 4) is 16.3 Å². The monoisotopic (exact) mass is 474 g/mol. The summed E-state index contributed by atoms with van der Waals surface area (Å²) in [6.07, 6.45) is 0. The molecule has 0 spiro atoms. The molecule has 10 heteroatoms. The molecule has 0 N–H and O–H groups in total. The quantitative estimate of drug-likeness (QED) is 0.485. The number of hydrogen-bond donors (Lipinski definition) is 0. The first-order chi connectivity index (χ1) is 15.5. The number of methoxy groups -OCH3 is 1. The van der Waals surface area contributed by atoms with E-state index in [1.165, 1.54) is 39.9 Å². The van der Waals surface area contributed by atoms with Gasteiger partial charge in [-0.2, -0.15) is 4.31 Å². The van der Waals surface area contributed by atoms with Gasteiger partial charge in [0.25, 0.3) is 0 Å². The predicted molar refractivity (Wildman–Crippen MR) is 119 cm³/mol.